The number of ether oxygens (including phenoxy) is 2. The predicted octanol–water partition coefficient (Wildman–Crippen LogP) is 4.62. The van der Waals surface area contributed by atoms with Gasteiger partial charge in [0.05, 0.1) is 19.8 Å². The van der Waals surface area contributed by atoms with Crippen molar-refractivity contribution in [1.29, 1.82) is 0 Å². The molecule has 1 saturated carbocycles. The van der Waals surface area contributed by atoms with Crippen molar-refractivity contribution in [3.63, 3.8) is 0 Å². The number of hydrogen-bond acceptors (Lipinski definition) is 5. The van der Waals surface area contributed by atoms with E-state index in [1.54, 1.807) is 14.2 Å². The van der Waals surface area contributed by atoms with Crippen LogP contribution in [0.15, 0.2) is 23.6 Å². The van der Waals surface area contributed by atoms with Crippen molar-refractivity contribution in [1.82, 2.24) is 9.88 Å². The lowest BCUT2D eigenvalue weighted by Crippen LogP contribution is -2.49. The molecule has 2 aromatic rings. The highest BCUT2D eigenvalue weighted by Crippen LogP contribution is 2.40. The van der Waals surface area contributed by atoms with Gasteiger partial charge in [0.25, 0.3) is 5.91 Å². The summed E-state index contributed by atoms with van der Waals surface area (Å²) in [4.78, 5) is 20.0. The number of para-hydroxylation sites is 1. The van der Waals surface area contributed by atoms with Crippen LogP contribution in [0.1, 0.15) is 49.0 Å². The third kappa shape index (κ3) is 3.43. The van der Waals surface area contributed by atoms with E-state index in [0.29, 0.717) is 29.2 Å². The molecule has 1 aliphatic carbocycles. The topological polar surface area (TPSA) is 51.7 Å². The Balaban J connectivity index is 1.60. The second kappa shape index (κ2) is 7.89. The van der Waals surface area contributed by atoms with Crippen molar-refractivity contribution in [2.75, 3.05) is 20.8 Å². The summed E-state index contributed by atoms with van der Waals surface area (Å²) in [5.41, 5.74) is 1.40. The van der Waals surface area contributed by atoms with E-state index in [1.165, 1.54) is 37.0 Å². The molecule has 2 atom stereocenters. The van der Waals surface area contributed by atoms with E-state index in [4.69, 9.17) is 9.47 Å². The molecular formula is C21H26N2O3S. The maximum atomic E-state index is 13.2. The maximum Gasteiger partial charge on any atom is 0.273 e. The molecule has 0 bridgehead atoms. The van der Waals surface area contributed by atoms with Crippen LogP contribution in [-0.4, -0.2) is 42.6 Å². The van der Waals surface area contributed by atoms with Crippen molar-refractivity contribution in [3.05, 3.63) is 29.3 Å². The molecule has 1 amide bonds. The lowest BCUT2D eigenvalue weighted by atomic mass is 9.78. The van der Waals surface area contributed by atoms with Gasteiger partial charge >= 0.3 is 0 Å². The van der Waals surface area contributed by atoms with Crippen LogP contribution < -0.4 is 9.47 Å². The molecule has 1 aromatic heterocycles. The largest absolute Gasteiger partial charge is 0.493 e. The Morgan fingerprint density at radius 2 is 1.96 bits per heavy atom. The molecule has 4 rings (SSSR count). The van der Waals surface area contributed by atoms with Crippen LogP contribution in [0.2, 0.25) is 0 Å². The standard InChI is InChI=1S/C21H26N2O3S/c1-25-18-11-5-9-15(19(18)26-2)20-22-16(13-27-20)21(24)23-12-6-8-14-7-3-4-10-17(14)23/h5,9,11,13-14,17H,3-4,6-8,10,12H2,1-2H3. The van der Waals surface area contributed by atoms with Crippen LogP contribution in [-0.2, 0) is 0 Å². The SMILES string of the molecule is COc1cccc(-c2nc(C(=O)N3CCCC4CCCCC43)cs2)c1OC. The zero-order valence-electron chi connectivity index (χ0n) is 15.9. The van der Waals surface area contributed by atoms with Crippen molar-refractivity contribution < 1.29 is 14.3 Å². The van der Waals surface area contributed by atoms with Crippen LogP contribution >= 0.6 is 11.3 Å². The van der Waals surface area contributed by atoms with Crippen molar-refractivity contribution in [3.8, 4) is 22.1 Å². The summed E-state index contributed by atoms with van der Waals surface area (Å²) in [7, 11) is 3.24. The molecule has 1 saturated heterocycles. The summed E-state index contributed by atoms with van der Waals surface area (Å²) in [6, 6.07) is 6.12. The fourth-order valence-electron chi connectivity index (χ4n) is 4.58. The molecule has 0 radical (unpaired) electrons. The van der Waals surface area contributed by atoms with Crippen LogP contribution in [0.3, 0.4) is 0 Å². The Hall–Kier alpha value is -2.08. The van der Waals surface area contributed by atoms with Crippen LogP contribution in [0.4, 0.5) is 0 Å². The summed E-state index contributed by atoms with van der Waals surface area (Å²) in [5.74, 6) is 2.07. The quantitative estimate of drug-likeness (QED) is 0.769. The van der Waals surface area contributed by atoms with Crippen LogP contribution in [0, 0.1) is 5.92 Å². The molecule has 144 valence electrons. The van der Waals surface area contributed by atoms with E-state index in [2.05, 4.69) is 9.88 Å². The number of hydrogen-bond donors (Lipinski definition) is 0. The number of carbonyl (C=O) groups excluding carboxylic acids is 1. The number of rotatable bonds is 4. The third-order valence-electron chi connectivity index (χ3n) is 5.86. The van der Waals surface area contributed by atoms with Gasteiger partial charge in [-0.3, -0.25) is 4.79 Å². The van der Waals surface area contributed by atoms with Gasteiger partial charge in [-0.05, 0) is 43.7 Å². The first-order valence-electron chi connectivity index (χ1n) is 9.70. The van der Waals surface area contributed by atoms with Gasteiger partial charge in [-0.15, -0.1) is 11.3 Å². The Morgan fingerprint density at radius 3 is 2.78 bits per heavy atom. The number of fused-ring (bicyclic) bond motifs is 1. The minimum atomic E-state index is 0.0796. The first-order chi connectivity index (χ1) is 13.2. The number of benzene rings is 1. The highest BCUT2D eigenvalue weighted by Gasteiger charge is 2.36. The number of thiazole rings is 1. The molecule has 0 N–H and O–H groups in total. The van der Waals surface area contributed by atoms with Crippen LogP contribution in [0.5, 0.6) is 11.5 Å². The number of carbonyl (C=O) groups is 1. The second-order valence-corrected chi connectivity index (χ2v) is 8.19. The number of likely N-dealkylation sites (tertiary alicyclic amines) is 1. The van der Waals surface area contributed by atoms with E-state index in [-0.39, 0.29) is 5.91 Å². The Kier molecular flexibility index (Phi) is 5.34. The Labute approximate surface area is 164 Å². The molecule has 0 spiro atoms. The van der Waals surface area contributed by atoms with Crippen molar-refractivity contribution >= 4 is 17.2 Å². The van der Waals surface area contributed by atoms with Gasteiger partial charge in [-0.2, -0.15) is 0 Å². The molecule has 6 heteroatoms. The first-order valence-corrected chi connectivity index (χ1v) is 10.6. The molecule has 27 heavy (non-hydrogen) atoms. The maximum absolute atomic E-state index is 13.2. The normalized spacial score (nSPS) is 22.2. The van der Waals surface area contributed by atoms with E-state index in [1.807, 2.05) is 23.6 Å². The smallest absolute Gasteiger partial charge is 0.273 e. The number of methoxy groups -OCH3 is 2. The summed E-state index contributed by atoms with van der Waals surface area (Å²) in [5, 5.41) is 2.66. The molecule has 2 aliphatic rings. The molecule has 2 fully saturated rings. The predicted molar refractivity (Wildman–Crippen MR) is 107 cm³/mol. The van der Waals surface area contributed by atoms with Gasteiger partial charge in [-0.25, -0.2) is 4.98 Å². The Morgan fingerprint density at radius 1 is 1.15 bits per heavy atom. The van der Waals surface area contributed by atoms with E-state index in [9.17, 15) is 4.79 Å². The molecule has 2 unspecified atom stereocenters. The Bertz CT molecular complexity index is 818. The molecule has 1 aromatic carbocycles. The number of amides is 1. The van der Waals surface area contributed by atoms with E-state index >= 15 is 0 Å². The monoisotopic (exact) mass is 386 g/mol. The number of aromatic nitrogens is 1. The molecule has 1 aliphatic heterocycles. The second-order valence-electron chi connectivity index (χ2n) is 7.33. The van der Waals surface area contributed by atoms with Gasteiger partial charge in [0.15, 0.2) is 11.5 Å². The van der Waals surface area contributed by atoms with Gasteiger partial charge in [0.1, 0.15) is 10.7 Å². The minimum Gasteiger partial charge on any atom is -0.493 e. The van der Waals surface area contributed by atoms with E-state index < -0.39 is 0 Å². The third-order valence-corrected chi connectivity index (χ3v) is 6.74. The van der Waals surface area contributed by atoms with Gasteiger partial charge < -0.3 is 14.4 Å². The van der Waals surface area contributed by atoms with Crippen molar-refractivity contribution in [2.45, 2.75) is 44.6 Å². The number of nitrogens with zero attached hydrogens (tertiary/aromatic N) is 2. The van der Waals surface area contributed by atoms with Gasteiger partial charge in [0.2, 0.25) is 0 Å². The average Bonchev–Trinajstić information content (AvgIpc) is 3.22. The molecular weight excluding hydrogens is 360 g/mol. The fraction of sp³-hybridized carbons (Fsp3) is 0.524. The van der Waals surface area contributed by atoms with Gasteiger partial charge in [0, 0.05) is 18.0 Å². The highest BCUT2D eigenvalue weighted by molar-refractivity contribution is 7.13. The molecule has 5 nitrogen and oxygen atoms in total. The number of piperidine rings is 1. The summed E-state index contributed by atoms with van der Waals surface area (Å²) in [6.07, 6.45) is 7.30. The summed E-state index contributed by atoms with van der Waals surface area (Å²) < 4.78 is 10.9. The fourth-order valence-corrected chi connectivity index (χ4v) is 5.39. The lowest BCUT2D eigenvalue weighted by molar-refractivity contribution is 0.0386. The van der Waals surface area contributed by atoms with Crippen molar-refractivity contribution in [2.24, 2.45) is 5.92 Å². The van der Waals surface area contributed by atoms with Crippen LogP contribution in [0.25, 0.3) is 10.6 Å². The summed E-state index contributed by atoms with van der Waals surface area (Å²) in [6.45, 7) is 0.856. The average molecular weight is 387 g/mol. The van der Waals surface area contributed by atoms with E-state index in [0.717, 1.165) is 30.0 Å². The lowest BCUT2D eigenvalue weighted by Gasteiger charge is -2.43. The molecule has 2 heterocycles. The highest BCUT2D eigenvalue weighted by atomic mass is 32.1. The summed E-state index contributed by atoms with van der Waals surface area (Å²) >= 11 is 1.48. The van der Waals surface area contributed by atoms with Gasteiger partial charge in [-0.1, -0.05) is 18.9 Å². The minimum absolute atomic E-state index is 0.0796. The zero-order valence-corrected chi connectivity index (χ0v) is 16.8. The zero-order chi connectivity index (χ0) is 18.8. The first kappa shape index (κ1) is 18.3.